The van der Waals surface area contributed by atoms with Crippen LogP contribution in [-0.2, 0) is 14.1 Å². The fourth-order valence-electron chi connectivity index (χ4n) is 1.39. The fourth-order valence-corrected chi connectivity index (χ4v) is 1.39. The van der Waals surface area contributed by atoms with Gasteiger partial charge in [-0.2, -0.15) is 10.2 Å². The van der Waals surface area contributed by atoms with E-state index in [9.17, 15) is 0 Å². The highest BCUT2D eigenvalue weighted by Crippen LogP contribution is 2.17. The van der Waals surface area contributed by atoms with E-state index in [1.54, 1.807) is 21.8 Å². The van der Waals surface area contributed by atoms with E-state index in [2.05, 4.69) is 10.2 Å². The van der Waals surface area contributed by atoms with Crippen LogP contribution in [0.4, 0.5) is 0 Å². The summed E-state index contributed by atoms with van der Waals surface area (Å²) < 4.78 is 3.48. The third-order valence-electron chi connectivity index (χ3n) is 2.17. The molecule has 14 heavy (non-hydrogen) atoms. The zero-order chi connectivity index (χ0) is 10.1. The van der Waals surface area contributed by atoms with E-state index in [-0.39, 0.29) is 6.04 Å². The van der Waals surface area contributed by atoms with Gasteiger partial charge in [-0.1, -0.05) is 0 Å². The smallest absolute Gasteiger partial charge is 0.0614 e. The van der Waals surface area contributed by atoms with E-state index < -0.39 is 0 Å². The van der Waals surface area contributed by atoms with Gasteiger partial charge in [0.2, 0.25) is 0 Å². The van der Waals surface area contributed by atoms with Crippen molar-refractivity contribution in [3.05, 3.63) is 35.9 Å². The number of aromatic nitrogens is 4. The van der Waals surface area contributed by atoms with Gasteiger partial charge in [0, 0.05) is 37.6 Å². The van der Waals surface area contributed by atoms with Gasteiger partial charge < -0.3 is 5.73 Å². The maximum absolute atomic E-state index is 6.04. The van der Waals surface area contributed by atoms with Gasteiger partial charge in [-0.15, -0.1) is 0 Å². The Morgan fingerprint density at radius 3 is 1.79 bits per heavy atom. The molecular formula is C9H13N5. The van der Waals surface area contributed by atoms with Gasteiger partial charge in [-0.05, 0) is 0 Å². The molecule has 0 radical (unpaired) electrons. The van der Waals surface area contributed by atoms with Crippen LogP contribution in [0.25, 0.3) is 0 Å². The summed E-state index contributed by atoms with van der Waals surface area (Å²) in [5.41, 5.74) is 8.04. The topological polar surface area (TPSA) is 61.7 Å². The first-order valence-corrected chi connectivity index (χ1v) is 4.39. The second kappa shape index (κ2) is 3.26. The molecule has 0 aromatic carbocycles. The van der Waals surface area contributed by atoms with Crippen molar-refractivity contribution in [2.24, 2.45) is 19.8 Å². The van der Waals surface area contributed by atoms with Crippen molar-refractivity contribution in [3.8, 4) is 0 Å². The summed E-state index contributed by atoms with van der Waals surface area (Å²) in [5.74, 6) is 0. The average molecular weight is 191 g/mol. The molecule has 5 nitrogen and oxygen atoms in total. The Bertz CT molecular complexity index is 388. The second-order valence-corrected chi connectivity index (χ2v) is 3.37. The molecule has 2 rings (SSSR count). The molecule has 0 spiro atoms. The fraction of sp³-hybridized carbons (Fsp3) is 0.333. The molecule has 0 atom stereocenters. The minimum absolute atomic E-state index is 0.141. The Morgan fingerprint density at radius 1 is 1.07 bits per heavy atom. The molecule has 0 saturated heterocycles. The first-order chi connectivity index (χ1) is 6.66. The molecular weight excluding hydrogens is 178 g/mol. The van der Waals surface area contributed by atoms with Crippen LogP contribution >= 0.6 is 0 Å². The summed E-state index contributed by atoms with van der Waals surface area (Å²) in [4.78, 5) is 0. The third-order valence-corrected chi connectivity index (χ3v) is 2.17. The Balaban J connectivity index is 2.28. The molecule has 0 bridgehead atoms. The van der Waals surface area contributed by atoms with Crippen LogP contribution in [0, 0.1) is 0 Å². The highest BCUT2D eigenvalue weighted by atomic mass is 15.2. The first-order valence-electron chi connectivity index (χ1n) is 4.39. The Morgan fingerprint density at radius 2 is 1.50 bits per heavy atom. The number of aryl methyl sites for hydroxylation is 2. The maximum Gasteiger partial charge on any atom is 0.0614 e. The third kappa shape index (κ3) is 1.54. The van der Waals surface area contributed by atoms with Crippen LogP contribution in [0.5, 0.6) is 0 Å². The number of hydrogen-bond acceptors (Lipinski definition) is 3. The molecule has 0 aliphatic rings. The lowest BCUT2D eigenvalue weighted by Crippen LogP contribution is -2.10. The molecule has 0 amide bonds. The Kier molecular flexibility index (Phi) is 2.09. The SMILES string of the molecule is Cn1cc(C(N)c2cnn(C)c2)cn1. The van der Waals surface area contributed by atoms with Gasteiger partial charge in [0.1, 0.15) is 0 Å². The molecule has 2 N–H and O–H groups in total. The zero-order valence-electron chi connectivity index (χ0n) is 8.25. The van der Waals surface area contributed by atoms with Crippen LogP contribution in [0.3, 0.4) is 0 Å². The van der Waals surface area contributed by atoms with Crippen molar-refractivity contribution in [3.63, 3.8) is 0 Å². The standard InChI is InChI=1S/C9H13N5/c1-13-5-7(3-11-13)9(10)8-4-12-14(2)6-8/h3-6,9H,10H2,1-2H3. The van der Waals surface area contributed by atoms with Gasteiger partial charge in [-0.25, -0.2) is 0 Å². The van der Waals surface area contributed by atoms with Gasteiger partial charge >= 0.3 is 0 Å². The quantitative estimate of drug-likeness (QED) is 0.737. The van der Waals surface area contributed by atoms with Crippen molar-refractivity contribution >= 4 is 0 Å². The number of nitrogens with zero attached hydrogens (tertiary/aromatic N) is 4. The van der Waals surface area contributed by atoms with Crippen LogP contribution in [0.2, 0.25) is 0 Å². The van der Waals surface area contributed by atoms with Crippen LogP contribution in [0.15, 0.2) is 24.8 Å². The average Bonchev–Trinajstić information content (AvgIpc) is 2.73. The molecule has 2 heterocycles. The lowest BCUT2D eigenvalue weighted by Gasteiger charge is -2.04. The zero-order valence-corrected chi connectivity index (χ0v) is 8.25. The van der Waals surface area contributed by atoms with Crippen molar-refractivity contribution < 1.29 is 0 Å². The minimum Gasteiger partial charge on any atom is -0.320 e. The number of nitrogens with two attached hydrogens (primary N) is 1. The van der Waals surface area contributed by atoms with Gasteiger partial charge in [0.15, 0.2) is 0 Å². The lowest BCUT2D eigenvalue weighted by atomic mass is 10.1. The van der Waals surface area contributed by atoms with Crippen LogP contribution < -0.4 is 5.73 Å². The molecule has 2 aromatic heterocycles. The van der Waals surface area contributed by atoms with Crippen molar-refractivity contribution in [2.75, 3.05) is 0 Å². The summed E-state index contributed by atoms with van der Waals surface area (Å²) in [5, 5.41) is 8.16. The van der Waals surface area contributed by atoms with Gasteiger partial charge in [0.25, 0.3) is 0 Å². The minimum atomic E-state index is -0.141. The van der Waals surface area contributed by atoms with Gasteiger partial charge in [-0.3, -0.25) is 9.36 Å². The van der Waals surface area contributed by atoms with Gasteiger partial charge in [0.05, 0.1) is 18.4 Å². The van der Waals surface area contributed by atoms with Crippen molar-refractivity contribution in [1.82, 2.24) is 19.6 Å². The molecule has 74 valence electrons. The highest BCUT2D eigenvalue weighted by Gasteiger charge is 2.11. The predicted octanol–water partition coefficient (Wildman–Crippen LogP) is 0.202. The van der Waals surface area contributed by atoms with Crippen molar-refractivity contribution in [2.45, 2.75) is 6.04 Å². The molecule has 0 aliphatic heterocycles. The molecule has 0 fully saturated rings. The maximum atomic E-state index is 6.04. The molecule has 0 unspecified atom stereocenters. The number of hydrogen-bond donors (Lipinski definition) is 1. The second-order valence-electron chi connectivity index (χ2n) is 3.37. The predicted molar refractivity (Wildman–Crippen MR) is 52.4 cm³/mol. The van der Waals surface area contributed by atoms with E-state index in [0.29, 0.717) is 0 Å². The lowest BCUT2D eigenvalue weighted by molar-refractivity contribution is 0.762. The summed E-state index contributed by atoms with van der Waals surface area (Å²) >= 11 is 0. The summed E-state index contributed by atoms with van der Waals surface area (Å²) in [6.45, 7) is 0. The molecule has 2 aromatic rings. The summed E-state index contributed by atoms with van der Waals surface area (Å²) in [6, 6.07) is -0.141. The normalized spacial score (nSPS) is 11.1. The van der Waals surface area contributed by atoms with E-state index >= 15 is 0 Å². The highest BCUT2D eigenvalue weighted by molar-refractivity contribution is 5.24. The Hall–Kier alpha value is -1.62. The molecule has 0 saturated carbocycles. The molecule has 0 aliphatic carbocycles. The van der Waals surface area contributed by atoms with E-state index in [0.717, 1.165) is 11.1 Å². The summed E-state index contributed by atoms with van der Waals surface area (Å²) in [6.07, 6.45) is 7.38. The van der Waals surface area contributed by atoms with Crippen LogP contribution in [0.1, 0.15) is 17.2 Å². The van der Waals surface area contributed by atoms with E-state index in [1.165, 1.54) is 0 Å². The summed E-state index contributed by atoms with van der Waals surface area (Å²) in [7, 11) is 3.75. The van der Waals surface area contributed by atoms with Crippen molar-refractivity contribution in [1.29, 1.82) is 0 Å². The monoisotopic (exact) mass is 191 g/mol. The first kappa shape index (κ1) is 8.96. The number of rotatable bonds is 2. The van der Waals surface area contributed by atoms with E-state index in [1.807, 2.05) is 26.5 Å². The van der Waals surface area contributed by atoms with E-state index in [4.69, 9.17) is 5.73 Å². The Labute approximate surface area is 82.1 Å². The largest absolute Gasteiger partial charge is 0.320 e. The van der Waals surface area contributed by atoms with Crippen LogP contribution in [-0.4, -0.2) is 19.6 Å². The molecule has 5 heteroatoms.